The molecule has 0 saturated carbocycles. The van der Waals surface area contributed by atoms with Gasteiger partial charge < -0.3 is 5.73 Å². The summed E-state index contributed by atoms with van der Waals surface area (Å²) in [5.41, 5.74) is 6.04. The van der Waals surface area contributed by atoms with Crippen molar-refractivity contribution in [3.8, 4) is 5.82 Å². The smallest absolute Gasteiger partial charge is 0.272 e. The first-order valence-corrected chi connectivity index (χ1v) is 7.93. The first-order valence-electron chi connectivity index (χ1n) is 7.56. The zero-order chi connectivity index (χ0) is 19.1. The molecule has 0 aliphatic heterocycles. The van der Waals surface area contributed by atoms with Gasteiger partial charge in [-0.05, 0) is 12.1 Å². The van der Waals surface area contributed by atoms with E-state index in [1.807, 2.05) is 0 Å². The zero-order valence-corrected chi connectivity index (χ0v) is 14.2. The van der Waals surface area contributed by atoms with E-state index in [2.05, 4.69) is 20.2 Å². The van der Waals surface area contributed by atoms with Crippen LogP contribution in [0.25, 0.3) is 16.9 Å². The van der Waals surface area contributed by atoms with Crippen molar-refractivity contribution >= 4 is 34.3 Å². The minimum atomic E-state index is -0.714. The lowest BCUT2D eigenvalue weighted by molar-refractivity contribution is -0.385. The Hall–Kier alpha value is -3.60. The number of hydrogen-bond acceptors (Lipinski definition) is 7. The number of rotatable bonds is 4. The highest BCUT2D eigenvalue weighted by molar-refractivity contribution is 6.29. The molecule has 0 atom stereocenters. The van der Waals surface area contributed by atoms with Crippen LogP contribution in [-0.4, -0.2) is 34.5 Å². The molecule has 4 aromatic rings. The molecule has 0 saturated heterocycles. The third-order valence-electron chi connectivity index (χ3n) is 3.83. The summed E-state index contributed by atoms with van der Waals surface area (Å²) in [6.07, 6.45) is 3.11. The van der Waals surface area contributed by atoms with E-state index in [0.29, 0.717) is 16.9 Å². The van der Waals surface area contributed by atoms with Gasteiger partial charge in [0.05, 0.1) is 29.1 Å². The lowest BCUT2D eigenvalue weighted by Crippen LogP contribution is -2.08. The Bertz CT molecular complexity index is 1190. The van der Waals surface area contributed by atoms with Gasteiger partial charge in [0.25, 0.3) is 5.69 Å². The molecule has 12 heteroatoms. The number of aromatic nitrogens is 6. The van der Waals surface area contributed by atoms with E-state index < -0.39 is 10.7 Å². The molecule has 0 amide bonds. The number of fused-ring (bicyclic) bond motifs is 1. The van der Waals surface area contributed by atoms with Crippen LogP contribution in [0.5, 0.6) is 0 Å². The third kappa shape index (κ3) is 3.04. The molecule has 4 rings (SSSR count). The number of nitrogens with two attached hydrogens (primary N) is 1. The Morgan fingerprint density at radius 1 is 1.30 bits per heavy atom. The van der Waals surface area contributed by atoms with Crippen LogP contribution >= 0.6 is 11.6 Å². The number of benzene rings is 1. The number of nitrogen functional groups attached to an aromatic ring is 1. The molecule has 0 radical (unpaired) electrons. The van der Waals surface area contributed by atoms with E-state index in [-0.39, 0.29) is 28.9 Å². The molecule has 2 N–H and O–H groups in total. The first-order chi connectivity index (χ1) is 12.9. The lowest BCUT2D eigenvalue weighted by Gasteiger charge is -2.07. The van der Waals surface area contributed by atoms with E-state index in [9.17, 15) is 14.5 Å². The minimum absolute atomic E-state index is 0.00306. The van der Waals surface area contributed by atoms with Crippen molar-refractivity contribution in [2.45, 2.75) is 6.54 Å². The van der Waals surface area contributed by atoms with E-state index in [1.165, 1.54) is 27.7 Å². The maximum Gasteiger partial charge on any atom is 0.272 e. The average Bonchev–Trinajstić information content (AvgIpc) is 3.22. The van der Waals surface area contributed by atoms with Crippen molar-refractivity contribution < 1.29 is 9.31 Å². The van der Waals surface area contributed by atoms with Crippen LogP contribution < -0.4 is 5.73 Å². The number of nitrogens with zero attached hydrogens (tertiary/aromatic N) is 7. The van der Waals surface area contributed by atoms with Gasteiger partial charge in [-0.2, -0.15) is 20.2 Å². The monoisotopic (exact) mass is 388 g/mol. The van der Waals surface area contributed by atoms with Crippen LogP contribution in [0.15, 0.2) is 36.7 Å². The summed E-state index contributed by atoms with van der Waals surface area (Å²) in [5.74, 6) is -0.358. The zero-order valence-electron chi connectivity index (χ0n) is 13.5. The Morgan fingerprint density at radius 2 is 2.11 bits per heavy atom. The molecule has 0 aliphatic rings. The summed E-state index contributed by atoms with van der Waals surface area (Å²) in [6.45, 7) is 0.00306. The lowest BCUT2D eigenvalue weighted by atomic mass is 10.2. The van der Waals surface area contributed by atoms with Crippen molar-refractivity contribution in [1.29, 1.82) is 0 Å². The first kappa shape index (κ1) is 16.8. The van der Waals surface area contributed by atoms with Crippen LogP contribution in [0.2, 0.25) is 5.15 Å². The van der Waals surface area contributed by atoms with Crippen LogP contribution in [0, 0.1) is 15.9 Å². The SMILES string of the molecule is Nc1nc(-n2ccc(Cl)n2)c2cnn(Cc3ccc([N+](=O)[O-])cc3F)c2n1. The van der Waals surface area contributed by atoms with Gasteiger partial charge in [-0.1, -0.05) is 11.6 Å². The van der Waals surface area contributed by atoms with Crippen LogP contribution in [0.3, 0.4) is 0 Å². The summed E-state index contributed by atoms with van der Waals surface area (Å²) in [4.78, 5) is 18.4. The maximum atomic E-state index is 14.2. The molecule has 0 fully saturated rings. The van der Waals surface area contributed by atoms with Crippen molar-refractivity contribution in [1.82, 2.24) is 29.5 Å². The predicted octanol–water partition coefficient (Wildman–Crippen LogP) is 2.34. The van der Waals surface area contributed by atoms with E-state index in [4.69, 9.17) is 17.3 Å². The van der Waals surface area contributed by atoms with E-state index in [1.54, 1.807) is 12.3 Å². The summed E-state index contributed by atoms with van der Waals surface area (Å²) < 4.78 is 17.1. The number of nitro groups is 1. The van der Waals surface area contributed by atoms with Crippen molar-refractivity contribution in [2.24, 2.45) is 0 Å². The van der Waals surface area contributed by atoms with Gasteiger partial charge in [0, 0.05) is 17.8 Å². The Morgan fingerprint density at radius 3 is 2.78 bits per heavy atom. The molecule has 10 nitrogen and oxygen atoms in total. The molecule has 0 spiro atoms. The fourth-order valence-corrected chi connectivity index (χ4v) is 2.74. The summed E-state index contributed by atoms with van der Waals surface area (Å²) in [6, 6.07) is 5.01. The molecule has 0 unspecified atom stereocenters. The average molecular weight is 389 g/mol. The molecule has 27 heavy (non-hydrogen) atoms. The number of non-ortho nitro benzene ring substituents is 1. The van der Waals surface area contributed by atoms with Gasteiger partial charge in [-0.25, -0.2) is 13.8 Å². The predicted molar refractivity (Wildman–Crippen MR) is 94.0 cm³/mol. The second-order valence-electron chi connectivity index (χ2n) is 5.56. The van der Waals surface area contributed by atoms with Gasteiger partial charge in [-0.15, -0.1) is 0 Å². The van der Waals surface area contributed by atoms with Crippen LogP contribution in [-0.2, 0) is 6.54 Å². The fourth-order valence-electron chi connectivity index (χ4n) is 2.61. The molecule has 136 valence electrons. The summed E-state index contributed by atoms with van der Waals surface area (Å²) in [7, 11) is 0. The van der Waals surface area contributed by atoms with Crippen LogP contribution in [0.4, 0.5) is 16.0 Å². The van der Waals surface area contributed by atoms with E-state index >= 15 is 0 Å². The second kappa shape index (κ2) is 6.29. The van der Waals surface area contributed by atoms with Crippen LogP contribution in [0.1, 0.15) is 5.56 Å². The largest absolute Gasteiger partial charge is 0.368 e. The van der Waals surface area contributed by atoms with Gasteiger partial charge >= 0.3 is 0 Å². The van der Waals surface area contributed by atoms with Crippen molar-refractivity contribution in [2.75, 3.05) is 5.73 Å². The molecular formula is C15H10ClFN8O2. The highest BCUT2D eigenvalue weighted by Gasteiger charge is 2.17. The molecule has 1 aromatic carbocycles. The maximum absolute atomic E-state index is 14.2. The number of halogens is 2. The second-order valence-corrected chi connectivity index (χ2v) is 5.95. The minimum Gasteiger partial charge on any atom is -0.368 e. The highest BCUT2D eigenvalue weighted by atomic mass is 35.5. The Balaban J connectivity index is 1.78. The molecule has 3 heterocycles. The van der Waals surface area contributed by atoms with E-state index in [0.717, 1.165) is 6.07 Å². The topological polar surface area (TPSA) is 131 Å². The number of nitro benzene ring substituents is 1. The molecular weight excluding hydrogens is 379 g/mol. The summed E-state index contributed by atoms with van der Waals surface area (Å²) >= 11 is 5.85. The summed E-state index contributed by atoms with van der Waals surface area (Å²) in [5, 5.41) is 19.8. The Kier molecular flexibility index (Phi) is 3.92. The molecule has 3 aromatic heterocycles. The quantitative estimate of drug-likeness (QED) is 0.419. The number of anilines is 1. The number of hydrogen-bond donors (Lipinski definition) is 1. The van der Waals surface area contributed by atoms with Gasteiger partial charge in [-0.3, -0.25) is 10.1 Å². The third-order valence-corrected chi connectivity index (χ3v) is 4.04. The Labute approximate surface area is 155 Å². The van der Waals surface area contributed by atoms with Gasteiger partial charge in [0.15, 0.2) is 16.6 Å². The van der Waals surface area contributed by atoms with Gasteiger partial charge in [0.2, 0.25) is 5.95 Å². The molecule has 0 bridgehead atoms. The normalized spacial score (nSPS) is 11.2. The highest BCUT2D eigenvalue weighted by Crippen LogP contribution is 2.23. The standard InChI is InChI=1S/C15H10ClFN8O2/c16-12-3-4-23(22-12)13-10-6-19-24(14(10)21-15(18)20-13)7-8-1-2-9(25(26)27)5-11(8)17/h1-6H,7H2,(H2,18,20,21). The molecule has 0 aliphatic carbocycles. The van der Waals surface area contributed by atoms with Gasteiger partial charge in [0.1, 0.15) is 5.82 Å². The van der Waals surface area contributed by atoms with Crippen molar-refractivity contribution in [3.63, 3.8) is 0 Å². The fraction of sp³-hybridized carbons (Fsp3) is 0.0667. The van der Waals surface area contributed by atoms with Crippen molar-refractivity contribution in [3.05, 3.63) is 63.3 Å².